The van der Waals surface area contributed by atoms with Gasteiger partial charge < -0.3 is 15.1 Å². The predicted octanol–water partition coefficient (Wildman–Crippen LogP) is 3.77. The fourth-order valence-corrected chi connectivity index (χ4v) is 1.89. The molecule has 2 rings (SSSR count). The van der Waals surface area contributed by atoms with E-state index in [1.54, 1.807) is 0 Å². The van der Waals surface area contributed by atoms with Gasteiger partial charge in [0.15, 0.2) is 0 Å². The first-order valence-corrected chi connectivity index (χ1v) is 7.23. The van der Waals surface area contributed by atoms with Gasteiger partial charge in [-0.05, 0) is 45.4 Å². The van der Waals surface area contributed by atoms with Gasteiger partial charge in [-0.25, -0.2) is 0 Å². The molecule has 6 heteroatoms. The summed E-state index contributed by atoms with van der Waals surface area (Å²) in [6, 6.07) is 6.36. The second-order valence-electron chi connectivity index (χ2n) is 5.69. The van der Waals surface area contributed by atoms with Crippen LogP contribution in [-0.2, 0) is 6.54 Å². The minimum atomic E-state index is 0.0177. The van der Waals surface area contributed by atoms with E-state index in [0.717, 1.165) is 10.2 Å². The molecule has 0 saturated heterocycles. The lowest BCUT2D eigenvalue weighted by Crippen LogP contribution is -2.35. The van der Waals surface area contributed by atoms with Crippen molar-refractivity contribution in [2.24, 2.45) is 0 Å². The fraction of sp³-hybridized carbons (Fsp3) is 0.429. The Kier molecular flexibility index (Phi) is 4.45. The Hall–Kier alpha value is -1.40. The van der Waals surface area contributed by atoms with Gasteiger partial charge in [-0.1, -0.05) is 27.1 Å². The van der Waals surface area contributed by atoms with E-state index in [4.69, 9.17) is 4.42 Å². The Morgan fingerprint density at radius 1 is 1.25 bits per heavy atom. The molecule has 0 radical (unpaired) electrons. The van der Waals surface area contributed by atoms with Crippen molar-refractivity contribution in [3.05, 3.63) is 34.1 Å². The van der Waals surface area contributed by atoms with Crippen LogP contribution >= 0.6 is 15.9 Å². The Labute approximate surface area is 127 Å². The average molecular weight is 339 g/mol. The molecular formula is C14H19BrN4O. The van der Waals surface area contributed by atoms with Gasteiger partial charge in [-0.15, -0.1) is 5.10 Å². The predicted molar refractivity (Wildman–Crippen MR) is 83.1 cm³/mol. The summed E-state index contributed by atoms with van der Waals surface area (Å²) in [4.78, 5) is 0. The molecule has 2 aromatic rings. The molecule has 2 N–H and O–H groups in total. The maximum absolute atomic E-state index is 5.54. The molecule has 20 heavy (non-hydrogen) atoms. The number of rotatable bonds is 4. The molecule has 0 saturated carbocycles. The standard InChI is InChI=1S/C14H19BrN4O/c1-9-5-6-10(7-11(9)15)17-13-19-18-12(20-13)8-16-14(2,3)4/h5-7,16H,8H2,1-4H3,(H,17,19). The summed E-state index contributed by atoms with van der Waals surface area (Å²) in [5, 5.41) is 14.4. The minimum Gasteiger partial charge on any atom is -0.406 e. The highest BCUT2D eigenvalue weighted by atomic mass is 79.9. The number of nitrogens with zero attached hydrogens (tertiary/aromatic N) is 2. The molecule has 5 nitrogen and oxygen atoms in total. The molecule has 1 heterocycles. The summed E-state index contributed by atoms with van der Waals surface area (Å²) in [5.41, 5.74) is 2.10. The van der Waals surface area contributed by atoms with Crippen LogP contribution in [0.25, 0.3) is 0 Å². The van der Waals surface area contributed by atoms with Crippen LogP contribution in [0.5, 0.6) is 0 Å². The first kappa shape index (κ1) is 15.0. The largest absolute Gasteiger partial charge is 0.406 e. The van der Waals surface area contributed by atoms with Gasteiger partial charge in [-0.3, -0.25) is 0 Å². The molecule has 0 spiro atoms. The number of aryl methyl sites for hydroxylation is 1. The topological polar surface area (TPSA) is 63.0 Å². The zero-order chi connectivity index (χ0) is 14.8. The summed E-state index contributed by atoms with van der Waals surface area (Å²) in [6.45, 7) is 8.86. The molecule has 0 fully saturated rings. The van der Waals surface area contributed by atoms with Crippen LogP contribution in [0, 0.1) is 6.92 Å². The Bertz CT molecular complexity index is 589. The summed E-state index contributed by atoms with van der Waals surface area (Å²) >= 11 is 3.49. The highest BCUT2D eigenvalue weighted by Crippen LogP contribution is 2.23. The van der Waals surface area contributed by atoms with E-state index in [-0.39, 0.29) is 5.54 Å². The molecule has 1 aromatic heterocycles. The molecule has 0 aliphatic carbocycles. The highest BCUT2D eigenvalue weighted by Gasteiger charge is 2.12. The lowest BCUT2D eigenvalue weighted by molar-refractivity contribution is 0.384. The summed E-state index contributed by atoms with van der Waals surface area (Å²) in [7, 11) is 0. The van der Waals surface area contributed by atoms with E-state index in [9.17, 15) is 0 Å². The number of nitrogens with one attached hydrogen (secondary N) is 2. The van der Waals surface area contributed by atoms with Crippen molar-refractivity contribution in [1.82, 2.24) is 15.5 Å². The van der Waals surface area contributed by atoms with E-state index < -0.39 is 0 Å². The second-order valence-corrected chi connectivity index (χ2v) is 6.55. The van der Waals surface area contributed by atoms with Crippen molar-refractivity contribution in [2.45, 2.75) is 39.8 Å². The van der Waals surface area contributed by atoms with Gasteiger partial charge in [0.1, 0.15) is 0 Å². The van der Waals surface area contributed by atoms with E-state index in [2.05, 4.69) is 57.5 Å². The number of anilines is 2. The smallest absolute Gasteiger partial charge is 0.320 e. The van der Waals surface area contributed by atoms with Crippen LogP contribution in [0.2, 0.25) is 0 Å². The normalized spacial score (nSPS) is 11.7. The maximum Gasteiger partial charge on any atom is 0.320 e. The van der Waals surface area contributed by atoms with Crippen molar-refractivity contribution < 1.29 is 4.42 Å². The fourth-order valence-electron chi connectivity index (χ4n) is 1.51. The van der Waals surface area contributed by atoms with E-state index >= 15 is 0 Å². The molecular weight excluding hydrogens is 320 g/mol. The van der Waals surface area contributed by atoms with Crippen LogP contribution in [-0.4, -0.2) is 15.7 Å². The summed E-state index contributed by atoms with van der Waals surface area (Å²) < 4.78 is 6.58. The van der Waals surface area contributed by atoms with Gasteiger partial charge in [0.25, 0.3) is 0 Å². The zero-order valence-electron chi connectivity index (χ0n) is 12.1. The first-order chi connectivity index (χ1) is 9.33. The van der Waals surface area contributed by atoms with Gasteiger partial charge in [-0.2, -0.15) is 0 Å². The SMILES string of the molecule is Cc1ccc(Nc2nnc(CNC(C)(C)C)o2)cc1Br. The highest BCUT2D eigenvalue weighted by molar-refractivity contribution is 9.10. The quantitative estimate of drug-likeness (QED) is 0.888. The van der Waals surface area contributed by atoms with E-state index in [1.807, 2.05) is 25.1 Å². The Morgan fingerprint density at radius 2 is 2.00 bits per heavy atom. The van der Waals surface area contributed by atoms with Crippen LogP contribution in [0.3, 0.4) is 0 Å². The lowest BCUT2D eigenvalue weighted by Gasteiger charge is -2.18. The molecule has 0 atom stereocenters. The summed E-state index contributed by atoms with van der Waals surface area (Å²) in [5.74, 6) is 0.564. The van der Waals surface area contributed by atoms with Crippen LogP contribution in [0.1, 0.15) is 32.2 Å². The monoisotopic (exact) mass is 338 g/mol. The molecule has 1 aromatic carbocycles. The molecule has 0 amide bonds. The van der Waals surface area contributed by atoms with Crippen LogP contribution in [0.15, 0.2) is 27.1 Å². The Balaban J connectivity index is 2.00. The van der Waals surface area contributed by atoms with E-state index in [0.29, 0.717) is 18.5 Å². The van der Waals surface area contributed by atoms with Crippen LogP contribution < -0.4 is 10.6 Å². The summed E-state index contributed by atoms with van der Waals surface area (Å²) in [6.07, 6.45) is 0. The maximum atomic E-state index is 5.54. The second kappa shape index (κ2) is 5.93. The average Bonchev–Trinajstić information content (AvgIpc) is 2.78. The third-order valence-corrected chi connectivity index (χ3v) is 3.51. The number of aromatic nitrogens is 2. The van der Waals surface area contributed by atoms with Crippen molar-refractivity contribution in [2.75, 3.05) is 5.32 Å². The number of hydrogen-bond donors (Lipinski definition) is 2. The van der Waals surface area contributed by atoms with E-state index in [1.165, 1.54) is 5.56 Å². The van der Waals surface area contributed by atoms with Crippen LogP contribution in [0.4, 0.5) is 11.7 Å². The number of hydrogen-bond acceptors (Lipinski definition) is 5. The molecule has 0 aliphatic heterocycles. The first-order valence-electron chi connectivity index (χ1n) is 6.44. The van der Waals surface area contributed by atoms with Crippen molar-refractivity contribution >= 4 is 27.6 Å². The molecule has 0 unspecified atom stereocenters. The Morgan fingerprint density at radius 3 is 2.65 bits per heavy atom. The number of halogens is 1. The van der Waals surface area contributed by atoms with Crippen molar-refractivity contribution in [1.29, 1.82) is 0 Å². The van der Waals surface area contributed by atoms with Gasteiger partial charge in [0.05, 0.1) is 6.54 Å². The van der Waals surface area contributed by atoms with Gasteiger partial charge in [0, 0.05) is 15.7 Å². The minimum absolute atomic E-state index is 0.0177. The molecule has 0 bridgehead atoms. The number of benzene rings is 1. The van der Waals surface area contributed by atoms with Crippen molar-refractivity contribution in [3.8, 4) is 0 Å². The van der Waals surface area contributed by atoms with Gasteiger partial charge >= 0.3 is 6.01 Å². The zero-order valence-corrected chi connectivity index (χ0v) is 13.7. The molecule has 0 aliphatic rings. The van der Waals surface area contributed by atoms with Crippen molar-refractivity contribution in [3.63, 3.8) is 0 Å². The molecule has 108 valence electrons. The van der Waals surface area contributed by atoms with Gasteiger partial charge in [0.2, 0.25) is 5.89 Å². The third kappa shape index (κ3) is 4.31. The third-order valence-electron chi connectivity index (χ3n) is 2.66. The lowest BCUT2D eigenvalue weighted by atomic mass is 10.1.